The van der Waals surface area contributed by atoms with Gasteiger partial charge in [0, 0.05) is 6.07 Å². The monoisotopic (exact) mass is 454 g/mol. The molecule has 1 aromatic heterocycles. The lowest BCUT2D eigenvalue weighted by Crippen LogP contribution is -2.25. The fraction of sp³-hybridized carbons (Fsp3) is 0.143. The van der Waals surface area contributed by atoms with Crippen LogP contribution in [0.2, 0.25) is 15.1 Å². The first-order valence-corrected chi connectivity index (χ1v) is 8.97. The van der Waals surface area contributed by atoms with Crippen molar-refractivity contribution in [3.8, 4) is 5.75 Å². The summed E-state index contributed by atoms with van der Waals surface area (Å²) in [4.78, 5) is 12.7. The Morgan fingerprint density at radius 3 is 2.61 bits per heavy atom. The van der Waals surface area contributed by atoms with Gasteiger partial charge in [0.1, 0.15) is 5.75 Å². The molecular formula is C14H10BrCl3N2O2S. The van der Waals surface area contributed by atoms with Crippen LogP contribution in [0.15, 0.2) is 33.2 Å². The number of benzene rings is 1. The zero-order valence-corrected chi connectivity index (χ0v) is 16.4. The van der Waals surface area contributed by atoms with E-state index in [9.17, 15) is 4.79 Å². The van der Waals surface area contributed by atoms with Gasteiger partial charge in [-0.15, -0.1) is 11.3 Å². The van der Waals surface area contributed by atoms with Gasteiger partial charge in [0.15, 0.2) is 6.61 Å². The van der Waals surface area contributed by atoms with Crippen LogP contribution in [0, 0.1) is 0 Å². The lowest BCUT2D eigenvalue weighted by molar-refractivity contribution is -0.123. The molecule has 2 aromatic rings. The molecule has 1 aromatic carbocycles. The topological polar surface area (TPSA) is 50.7 Å². The van der Waals surface area contributed by atoms with Gasteiger partial charge < -0.3 is 4.74 Å². The second kappa shape index (κ2) is 8.35. The van der Waals surface area contributed by atoms with Crippen molar-refractivity contribution in [2.75, 3.05) is 6.61 Å². The Balaban J connectivity index is 1.92. The van der Waals surface area contributed by atoms with Crippen LogP contribution >= 0.6 is 62.1 Å². The molecule has 0 radical (unpaired) electrons. The molecule has 4 nitrogen and oxygen atoms in total. The Hall–Kier alpha value is -0.790. The van der Waals surface area contributed by atoms with Gasteiger partial charge in [0.05, 0.1) is 29.4 Å². The third-order valence-corrected chi connectivity index (χ3v) is 5.36. The quantitative estimate of drug-likeness (QED) is 0.373. The van der Waals surface area contributed by atoms with Crippen LogP contribution in [-0.2, 0) is 4.79 Å². The summed E-state index contributed by atoms with van der Waals surface area (Å²) in [6.07, 6.45) is 0. The van der Waals surface area contributed by atoms with Crippen molar-refractivity contribution in [2.24, 2.45) is 5.10 Å². The maximum absolute atomic E-state index is 11.8. The molecule has 0 aliphatic carbocycles. The SMILES string of the molecule is CC(=NNC(=O)COc1cc(Cl)c(Cl)cc1Cl)c1ccc(Br)s1. The summed E-state index contributed by atoms with van der Waals surface area (Å²) in [7, 11) is 0. The average Bonchev–Trinajstić information content (AvgIpc) is 2.93. The van der Waals surface area contributed by atoms with Crippen molar-refractivity contribution in [3.05, 3.63) is 48.0 Å². The van der Waals surface area contributed by atoms with Crippen LogP contribution in [0.3, 0.4) is 0 Å². The van der Waals surface area contributed by atoms with Crippen molar-refractivity contribution in [2.45, 2.75) is 6.92 Å². The lowest BCUT2D eigenvalue weighted by Gasteiger charge is -2.08. The van der Waals surface area contributed by atoms with E-state index in [0.29, 0.717) is 15.8 Å². The average molecular weight is 457 g/mol. The zero-order valence-electron chi connectivity index (χ0n) is 11.7. The normalized spacial score (nSPS) is 11.4. The van der Waals surface area contributed by atoms with Crippen LogP contribution in [-0.4, -0.2) is 18.2 Å². The summed E-state index contributed by atoms with van der Waals surface area (Å²) in [6, 6.07) is 6.73. The number of carbonyl (C=O) groups excluding carboxylic acids is 1. The molecule has 0 spiro atoms. The Labute approximate surface area is 160 Å². The van der Waals surface area contributed by atoms with Gasteiger partial charge in [-0.05, 0) is 41.1 Å². The van der Waals surface area contributed by atoms with Gasteiger partial charge in [0.2, 0.25) is 0 Å². The van der Waals surface area contributed by atoms with E-state index in [4.69, 9.17) is 39.5 Å². The number of nitrogens with one attached hydrogen (secondary N) is 1. The summed E-state index contributed by atoms with van der Waals surface area (Å²) >= 11 is 22.6. The Morgan fingerprint density at radius 1 is 1.26 bits per heavy atom. The summed E-state index contributed by atoms with van der Waals surface area (Å²) in [6.45, 7) is 1.55. The minimum absolute atomic E-state index is 0.247. The molecule has 0 fully saturated rings. The van der Waals surface area contributed by atoms with E-state index < -0.39 is 5.91 Å². The summed E-state index contributed by atoms with van der Waals surface area (Å²) < 4.78 is 6.31. The number of amides is 1. The largest absolute Gasteiger partial charge is 0.482 e. The molecule has 0 aliphatic heterocycles. The van der Waals surface area contributed by atoms with Gasteiger partial charge >= 0.3 is 0 Å². The number of nitrogens with zero attached hydrogens (tertiary/aromatic N) is 1. The Bertz CT molecular complexity index is 764. The zero-order chi connectivity index (χ0) is 17.0. The number of hydrazone groups is 1. The van der Waals surface area contributed by atoms with Crippen molar-refractivity contribution in [1.29, 1.82) is 0 Å². The van der Waals surface area contributed by atoms with Crippen LogP contribution in [0.4, 0.5) is 0 Å². The lowest BCUT2D eigenvalue weighted by atomic mass is 10.3. The smallest absolute Gasteiger partial charge is 0.277 e. The third-order valence-electron chi connectivity index (χ3n) is 2.61. The van der Waals surface area contributed by atoms with E-state index in [-0.39, 0.29) is 17.4 Å². The molecule has 122 valence electrons. The Kier molecular flexibility index (Phi) is 6.73. The van der Waals surface area contributed by atoms with Gasteiger partial charge in [-0.1, -0.05) is 34.8 Å². The van der Waals surface area contributed by atoms with E-state index in [1.807, 2.05) is 12.1 Å². The van der Waals surface area contributed by atoms with Gasteiger partial charge in [-0.3, -0.25) is 4.79 Å². The highest BCUT2D eigenvalue weighted by atomic mass is 79.9. The first-order chi connectivity index (χ1) is 10.9. The highest BCUT2D eigenvalue weighted by molar-refractivity contribution is 9.11. The molecule has 0 saturated heterocycles. The molecule has 0 bridgehead atoms. The van der Waals surface area contributed by atoms with Crippen LogP contribution < -0.4 is 10.2 Å². The van der Waals surface area contributed by atoms with Crippen molar-refractivity contribution >= 4 is 73.7 Å². The predicted molar refractivity (Wildman–Crippen MR) is 99.3 cm³/mol. The minimum atomic E-state index is -0.415. The van der Waals surface area contributed by atoms with E-state index >= 15 is 0 Å². The minimum Gasteiger partial charge on any atom is -0.482 e. The molecule has 0 aliphatic rings. The molecule has 2 rings (SSSR count). The molecule has 1 amide bonds. The van der Waals surface area contributed by atoms with Crippen LogP contribution in [0.1, 0.15) is 11.8 Å². The van der Waals surface area contributed by atoms with E-state index in [1.165, 1.54) is 23.5 Å². The van der Waals surface area contributed by atoms with Gasteiger partial charge in [-0.25, -0.2) is 5.43 Å². The number of hydrogen-bond acceptors (Lipinski definition) is 4. The van der Waals surface area contributed by atoms with Crippen molar-refractivity contribution in [3.63, 3.8) is 0 Å². The fourth-order valence-corrected chi connectivity index (χ4v) is 3.42. The fourth-order valence-electron chi connectivity index (χ4n) is 1.50. The van der Waals surface area contributed by atoms with E-state index in [0.717, 1.165) is 8.66 Å². The number of carbonyl (C=O) groups is 1. The van der Waals surface area contributed by atoms with Crippen molar-refractivity contribution in [1.82, 2.24) is 5.43 Å². The molecule has 23 heavy (non-hydrogen) atoms. The molecule has 9 heteroatoms. The predicted octanol–water partition coefficient (Wildman–Crippen LogP) is 5.39. The molecule has 0 unspecified atom stereocenters. The van der Waals surface area contributed by atoms with Crippen LogP contribution in [0.25, 0.3) is 0 Å². The molecule has 1 N–H and O–H groups in total. The highest BCUT2D eigenvalue weighted by Crippen LogP contribution is 2.33. The number of hydrogen-bond donors (Lipinski definition) is 1. The Morgan fingerprint density at radius 2 is 1.96 bits per heavy atom. The van der Waals surface area contributed by atoms with Crippen molar-refractivity contribution < 1.29 is 9.53 Å². The van der Waals surface area contributed by atoms with Gasteiger partial charge in [-0.2, -0.15) is 5.10 Å². The highest BCUT2D eigenvalue weighted by Gasteiger charge is 2.09. The number of rotatable bonds is 5. The number of ether oxygens (including phenoxy) is 1. The molecule has 0 saturated carbocycles. The maximum atomic E-state index is 11.8. The first-order valence-electron chi connectivity index (χ1n) is 6.23. The second-order valence-electron chi connectivity index (χ2n) is 4.32. The number of thiophene rings is 1. The first kappa shape index (κ1) is 18.5. The standard InChI is InChI=1S/C14H10BrCl3N2O2S/c1-7(12-2-3-13(15)23-12)19-20-14(21)6-22-11-5-9(17)8(16)4-10(11)18/h2-5H,6H2,1H3,(H,20,21). The molecular weight excluding hydrogens is 446 g/mol. The van der Waals surface area contributed by atoms with Crippen LogP contribution in [0.5, 0.6) is 5.75 Å². The van der Waals surface area contributed by atoms with E-state index in [1.54, 1.807) is 6.92 Å². The summed E-state index contributed by atoms with van der Waals surface area (Å²) in [5.41, 5.74) is 3.12. The third kappa shape index (κ3) is 5.36. The van der Waals surface area contributed by atoms with E-state index in [2.05, 4.69) is 26.5 Å². The summed E-state index contributed by atoms with van der Waals surface area (Å²) in [5.74, 6) is -0.138. The molecule has 1 heterocycles. The second-order valence-corrected chi connectivity index (χ2v) is 8.01. The summed E-state index contributed by atoms with van der Waals surface area (Å²) in [5, 5.41) is 4.90. The molecule has 0 atom stereocenters. The number of halogens is 4. The van der Waals surface area contributed by atoms with Gasteiger partial charge in [0.25, 0.3) is 5.91 Å². The maximum Gasteiger partial charge on any atom is 0.277 e.